The van der Waals surface area contributed by atoms with Crippen molar-refractivity contribution in [1.82, 2.24) is 0 Å². The van der Waals surface area contributed by atoms with Gasteiger partial charge in [-0.25, -0.2) is 0 Å². The van der Waals surface area contributed by atoms with Crippen LogP contribution in [0.3, 0.4) is 0 Å². The second kappa shape index (κ2) is 6.43. The van der Waals surface area contributed by atoms with E-state index in [9.17, 15) is 4.79 Å². The van der Waals surface area contributed by atoms with E-state index in [1.807, 2.05) is 30.3 Å². The van der Waals surface area contributed by atoms with Crippen molar-refractivity contribution in [3.63, 3.8) is 0 Å². The second-order valence-electron chi connectivity index (χ2n) is 6.12. The molecule has 24 heavy (non-hydrogen) atoms. The summed E-state index contributed by atoms with van der Waals surface area (Å²) in [6, 6.07) is 13.7. The van der Waals surface area contributed by atoms with E-state index in [1.54, 1.807) is 0 Å². The first-order valence-electron chi connectivity index (χ1n) is 8.32. The Bertz CT molecular complexity index is 737. The van der Waals surface area contributed by atoms with E-state index < -0.39 is 0 Å². The van der Waals surface area contributed by atoms with Gasteiger partial charge in [-0.1, -0.05) is 12.1 Å². The van der Waals surface area contributed by atoms with Crippen LogP contribution < -0.4 is 19.7 Å². The molecule has 0 bridgehead atoms. The van der Waals surface area contributed by atoms with Crippen molar-refractivity contribution in [2.75, 3.05) is 30.1 Å². The summed E-state index contributed by atoms with van der Waals surface area (Å²) in [4.78, 5) is 14.7. The van der Waals surface area contributed by atoms with Gasteiger partial charge < -0.3 is 19.7 Å². The highest BCUT2D eigenvalue weighted by Gasteiger charge is 2.19. The molecule has 0 spiro atoms. The predicted molar refractivity (Wildman–Crippen MR) is 92.8 cm³/mol. The number of fused-ring (bicyclic) bond motifs is 1. The zero-order chi connectivity index (χ0) is 16.4. The molecule has 5 heteroatoms. The minimum Gasteiger partial charge on any atom is -0.454 e. The smallest absolute Gasteiger partial charge is 0.231 e. The van der Waals surface area contributed by atoms with Crippen molar-refractivity contribution in [1.29, 1.82) is 0 Å². The topological polar surface area (TPSA) is 50.8 Å². The first kappa shape index (κ1) is 14.9. The molecule has 1 saturated heterocycles. The average Bonchev–Trinajstić information content (AvgIpc) is 3.27. The van der Waals surface area contributed by atoms with Gasteiger partial charge in [0.1, 0.15) is 0 Å². The monoisotopic (exact) mass is 324 g/mol. The number of rotatable bonds is 4. The van der Waals surface area contributed by atoms with Crippen molar-refractivity contribution < 1.29 is 14.3 Å². The molecule has 0 unspecified atom stereocenters. The number of hydrogen-bond acceptors (Lipinski definition) is 4. The molecule has 124 valence electrons. The summed E-state index contributed by atoms with van der Waals surface area (Å²) < 4.78 is 10.8. The van der Waals surface area contributed by atoms with Gasteiger partial charge in [-0.3, -0.25) is 4.79 Å². The van der Waals surface area contributed by atoms with E-state index in [0.717, 1.165) is 24.3 Å². The highest BCUT2D eigenvalue weighted by Crippen LogP contribution is 2.35. The van der Waals surface area contributed by atoms with Crippen LogP contribution in [0.2, 0.25) is 0 Å². The summed E-state index contributed by atoms with van der Waals surface area (Å²) in [6.45, 7) is 2.45. The van der Waals surface area contributed by atoms with Gasteiger partial charge in [0, 0.05) is 30.0 Å². The summed E-state index contributed by atoms with van der Waals surface area (Å²) >= 11 is 0. The fourth-order valence-corrected chi connectivity index (χ4v) is 3.24. The minimum atomic E-state index is -0.0622. The van der Waals surface area contributed by atoms with Gasteiger partial charge in [0.25, 0.3) is 0 Å². The Balaban J connectivity index is 1.40. The quantitative estimate of drug-likeness (QED) is 0.938. The Morgan fingerprint density at radius 3 is 2.62 bits per heavy atom. The van der Waals surface area contributed by atoms with Crippen LogP contribution in [0.25, 0.3) is 0 Å². The molecule has 0 aliphatic carbocycles. The third-order valence-corrected chi connectivity index (χ3v) is 4.45. The summed E-state index contributed by atoms with van der Waals surface area (Å²) in [6.07, 6.45) is 2.78. The highest BCUT2D eigenvalue weighted by atomic mass is 16.7. The number of hydrogen-bond donors (Lipinski definition) is 1. The maximum atomic E-state index is 12.3. The average molecular weight is 324 g/mol. The SMILES string of the molecule is O=C(Cc1cccc2c1OCO2)Nc1ccc(N2CCCC2)cc1. The lowest BCUT2D eigenvalue weighted by molar-refractivity contribution is -0.115. The molecule has 0 saturated carbocycles. The molecule has 1 fully saturated rings. The first-order chi connectivity index (χ1) is 11.8. The van der Waals surface area contributed by atoms with Crippen molar-refractivity contribution in [2.45, 2.75) is 19.3 Å². The van der Waals surface area contributed by atoms with E-state index in [-0.39, 0.29) is 19.1 Å². The van der Waals surface area contributed by atoms with Crippen molar-refractivity contribution in [3.8, 4) is 11.5 Å². The summed E-state index contributed by atoms with van der Waals surface area (Å²) in [5.74, 6) is 1.32. The molecule has 2 heterocycles. The molecule has 2 aromatic carbocycles. The van der Waals surface area contributed by atoms with Crippen LogP contribution in [-0.4, -0.2) is 25.8 Å². The molecule has 0 radical (unpaired) electrons. The van der Waals surface area contributed by atoms with E-state index in [4.69, 9.17) is 9.47 Å². The van der Waals surface area contributed by atoms with Crippen LogP contribution >= 0.6 is 0 Å². The summed E-state index contributed by atoms with van der Waals surface area (Å²) in [7, 11) is 0. The number of nitrogens with zero attached hydrogens (tertiary/aromatic N) is 1. The largest absolute Gasteiger partial charge is 0.454 e. The minimum absolute atomic E-state index is 0.0622. The number of para-hydroxylation sites is 1. The third-order valence-electron chi connectivity index (χ3n) is 4.45. The van der Waals surface area contributed by atoms with E-state index in [0.29, 0.717) is 11.5 Å². The van der Waals surface area contributed by atoms with Gasteiger partial charge in [-0.05, 0) is 43.2 Å². The number of ether oxygens (including phenoxy) is 2. The number of carbonyl (C=O) groups is 1. The molecule has 0 aromatic heterocycles. The Labute approximate surface area is 141 Å². The molecular formula is C19H20N2O3. The number of nitrogens with one attached hydrogen (secondary N) is 1. The molecule has 1 N–H and O–H groups in total. The summed E-state index contributed by atoms with van der Waals surface area (Å²) in [5.41, 5.74) is 2.88. The van der Waals surface area contributed by atoms with Gasteiger partial charge in [-0.2, -0.15) is 0 Å². The van der Waals surface area contributed by atoms with Crippen molar-refractivity contribution in [3.05, 3.63) is 48.0 Å². The molecule has 1 amide bonds. The van der Waals surface area contributed by atoms with E-state index >= 15 is 0 Å². The molecule has 2 aromatic rings. The van der Waals surface area contributed by atoms with Gasteiger partial charge >= 0.3 is 0 Å². The number of anilines is 2. The maximum Gasteiger partial charge on any atom is 0.231 e. The normalized spacial score (nSPS) is 15.6. The fraction of sp³-hybridized carbons (Fsp3) is 0.316. The molecule has 0 atom stereocenters. The zero-order valence-electron chi connectivity index (χ0n) is 13.5. The van der Waals surface area contributed by atoms with Crippen LogP contribution in [-0.2, 0) is 11.2 Å². The van der Waals surface area contributed by atoms with Gasteiger partial charge in [0.2, 0.25) is 12.7 Å². The van der Waals surface area contributed by atoms with Crippen molar-refractivity contribution in [2.24, 2.45) is 0 Å². The van der Waals surface area contributed by atoms with E-state index in [1.165, 1.54) is 18.5 Å². The van der Waals surface area contributed by atoms with Crippen molar-refractivity contribution >= 4 is 17.3 Å². The van der Waals surface area contributed by atoms with Crippen LogP contribution in [0.4, 0.5) is 11.4 Å². The molecule has 4 rings (SSSR count). The van der Waals surface area contributed by atoms with Crippen LogP contribution in [0.5, 0.6) is 11.5 Å². The lowest BCUT2D eigenvalue weighted by Gasteiger charge is -2.17. The second-order valence-corrected chi connectivity index (χ2v) is 6.12. The lowest BCUT2D eigenvalue weighted by Crippen LogP contribution is -2.18. The predicted octanol–water partition coefficient (Wildman–Crippen LogP) is 3.20. The lowest BCUT2D eigenvalue weighted by atomic mass is 10.1. The Morgan fingerprint density at radius 1 is 1.04 bits per heavy atom. The Hall–Kier alpha value is -2.69. The molecule has 2 aliphatic rings. The maximum absolute atomic E-state index is 12.3. The molecular weight excluding hydrogens is 304 g/mol. The summed E-state index contributed by atoms with van der Waals surface area (Å²) in [5, 5.41) is 2.95. The van der Waals surface area contributed by atoms with Gasteiger partial charge in [-0.15, -0.1) is 0 Å². The Kier molecular flexibility index (Phi) is 3.99. The van der Waals surface area contributed by atoms with Crippen LogP contribution in [0, 0.1) is 0 Å². The number of carbonyl (C=O) groups excluding carboxylic acids is 1. The standard InChI is InChI=1S/C19H20N2O3/c22-18(12-14-4-3-5-17-19(14)24-13-23-17)20-15-6-8-16(9-7-15)21-10-1-2-11-21/h3-9H,1-2,10-13H2,(H,20,22). The van der Waals surface area contributed by atoms with Crippen LogP contribution in [0.15, 0.2) is 42.5 Å². The van der Waals surface area contributed by atoms with Gasteiger partial charge in [0.15, 0.2) is 11.5 Å². The third kappa shape index (κ3) is 3.02. The number of amides is 1. The van der Waals surface area contributed by atoms with Crippen LogP contribution in [0.1, 0.15) is 18.4 Å². The molecule has 2 aliphatic heterocycles. The molecule has 5 nitrogen and oxygen atoms in total. The Morgan fingerprint density at radius 2 is 1.83 bits per heavy atom. The fourth-order valence-electron chi connectivity index (χ4n) is 3.24. The highest BCUT2D eigenvalue weighted by molar-refractivity contribution is 5.93. The van der Waals surface area contributed by atoms with Gasteiger partial charge in [0.05, 0.1) is 6.42 Å². The zero-order valence-corrected chi connectivity index (χ0v) is 13.5. The first-order valence-corrected chi connectivity index (χ1v) is 8.32. The number of benzene rings is 2. The van der Waals surface area contributed by atoms with E-state index in [2.05, 4.69) is 22.3 Å².